The van der Waals surface area contributed by atoms with Crippen LogP contribution in [-0.2, 0) is 14.8 Å². The summed E-state index contributed by atoms with van der Waals surface area (Å²) in [6.45, 7) is 1.76. The van der Waals surface area contributed by atoms with Crippen molar-refractivity contribution in [2.45, 2.75) is 50.0 Å². The highest BCUT2D eigenvalue weighted by molar-refractivity contribution is 9.10. The fraction of sp³-hybridized carbons (Fsp3) is 0.381. The van der Waals surface area contributed by atoms with E-state index in [0.717, 1.165) is 42.1 Å². The summed E-state index contributed by atoms with van der Waals surface area (Å²) in [7, 11) is -3.76. The highest BCUT2D eigenvalue weighted by Crippen LogP contribution is 2.28. The molecule has 0 radical (unpaired) electrons. The highest BCUT2D eigenvalue weighted by Gasteiger charge is 2.33. The summed E-state index contributed by atoms with van der Waals surface area (Å²) in [5, 5.41) is 2.83. The number of carbonyl (C=O) groups is 1. The molecule has 1 N–H and O–H groups in total. The minimum atomic E-state index is -3.76. The van der Waals surface area contributed by atoms with Gasteiger partial charge in [-0.3, -0.25) is 4.79 Å². The summed E-state index contributed by atoms with van der Waals surface area (Å²) < 4.78 is 28.8. The molecule has 3 rings (SSSR count). The Morgan fingerprint density at radius 3 is 2.43 bits per heavy atom. The predicted molar refractivity (Wildman–Crippen MR) is 115 cm³/mol. The third-order valence-corrected chi connectivity index (χ3v) is 7.44. The molecule has 2 aromatic carbocycles. The second kappa shape index (κ2) is 9.20. The Balaban J connectivity index is 1.84. The van der Waals surface area contributed by atoms with Crippen molar-refractivity contribution in [1.82, 2.24) is 4.31 Å². The Bertz CT molecular complexity index is 923. The van der Waals surface area contributed by atoms with Crippen molar-refractivity contribution in [3.05, 3.63) is 58.6 Å². The quantitative estimate of drug-likeness (QED) is 0.672. The maximum atomic E-state index is 13.3. The third-order valence-electron chi connectivity index (χ3n) is 5.00. The first-order chi connectivity index (χ1) is 13.4. The first-order valence-corrected chi connectivity index (χ1v) is 11.7. The lowest BCUT2D eigenvalue weighted by molar-refractivity contribution is -0.116. The minimum Gasteiger partial charge on any atom is -0.325 e. The molecule has 0 bridgehead atoms. The van der Waals surface area contributed by atoms with Crippen molar-refractivity contribution in [1.29, 1.82) is 0 Å². The van der Waals surface area contributed by atoms with Crippen molar-refractivity contribution in [2.75, 3.05) is 11.9 Å². The number of carbonyl (C=O) groups excluding carboxylic acids is 1. The summed E-state index contributed by atoms with van der Waals surface area (Å²) in [5.41, 5.74) is 1.71. The number of rotatable bonds is 6. The first-order valence-electron chi connectivity index (χ1n) is 9.50. The Labute approximate surface area is 175 Å². The van der Waals surface area contributed by atoms with Crippen LogP contribution in [0.2, 0.25) is 0 Å². The Morgan fingerprint density at radius 2 is 1.79 bits per heavy atom. The lowest BCUT2D eigenvalue weighted by atomic mass is 9.95. The van der Waals surface area contributed by atoms with Gasteiger partial charge in [0.05, 0.1) is 11.4 Å². The monoisotopic (exact) mass is 464 g/mol. The molecule has 0 saturated heterocycles. The van der Waals surface area contributed by atoms with Crippen molar-refractivity contribution in [3.63, 3.8) is 0 Å². The van der Waals surface area contributed by atoms with E-state index in [-0.39, 0.29) is 23.4 Å². The molecule has 1 fully saturated rings. The Kier molecular flexibility index (Phi) is 6.91. The minimum absolute atomic E-state index is 0.148. The zero-order chi connectivity index (χ0) is 20.1. The third kappa shape index (κ3) is 5.21. The summed E-state index contributed by atoms with van der Waals surface area (Å²) in [6.07, 6.45) is 4.65. The molecule has 0 aromatic heterocycles. The molecule has 150 valence electrons. The van der Waals surface area contributed by atoms with Crippen LogP contribution >= 0.6 is 15.9 Å². The molecular formula is C21H25BrN2O3S. The van der Waals surface area contributed by atoms with Gasteiger partial charge in [0.15, 0.2) is 0 Å². The Hall–Kier alpha value is -1.70. The van der Waals surface area contributed by atoms with Crippen LogP contribution in [0.4, 0.5) is 5.69 Å². The number of anilines is 1. The fourth-order valence-electron chi connectivity index (χ4n) is 3.59. The van der Waals surface area contributed by atoms with Crippen LogP contribution in [0.5, 0.6) is 0 Å². The smallest absolute Gasteiger partial charge is 0.243 e. The van der Waals surface area contributed by atoms with Gasteiger partial charge in [-0.05, 0) is 61.7 Å². The number of hydrogen-bond donors (Lipinski definition) is 1. The lowest BCUT2D eigenvalue weighted by Crippen LogP contribution is -2.45. The maximum Gasteiger partial charge on any atom is 0.243 e. The van der Waals surface area contributed by atoms with Crippen molar-refractivity contribution >= 4 is 37.5 Å². The molecule has 1 aliphatic rings. The number of halogens is 1. The molecule has 0 aliphatic heterocycles. The van der Waals surface area contributed by atoms with Crippen LogP contribution in [0.1, 0.15) is 37.7 Å². The average Bonchev–Trinajstić information content (AvgIpc) is 2.67. The van der Waals surface area contributed by atoms with E-state index in [1.54, 1.807) is 30.3 Å². The van der Waals surface area contributed by atoms with Crippen LogP contribution < -0.4 is 5.32 Å². The van der Waals surface area contributed by atoms with E-state index in [2.05, 4.69) is 21.2 Å². The molecule has 1 saturated carbocycles. The number of nitrogens with one attached hydrogen (secondary N) is 1. The number of sulfonamides is 1. The van der Waals surface area contributed by atoms with Gasteiger partial charge in [0.1, 0.15) is 0 Å². The van der Waals surface area contributed by atoms with E-state index < -0.39 is 10.0 Å². The summed E-state index contributed by atoms with van der Waals surface area (Å²) in [5.74, 6) is -0.322. The zero-order valence-electron chi connectivity index (χ0n) is 15.9. The number of hydrogen-bond acceptors (Lipinski definition) is 3. The standard InChI is InChI=1S/C21H25BrN2O3S/c1-16-6-5-7-18(14-16)23-21(25)15-24(19-8-3-2-4-9-19)28(26,27)20-12-10-17(22)11-13-20/h5-7,10-14,19H,2-4,8-9,15H2,1H3,(H,23,25). The van der Waals surface area contributed by atoms with Crippen LogP contribution in [0.3, 0.4) is 0 Å². The first kappa shape index (κ1) is 21.0. The molecule has 0 spiro atoms. The number of nitrogens with zero attached hydrogens (tertiary/aromatic N) is 1. The van der Waals surface area contributed by atoms with Gasteiger partial charge < -0.3 is 5.32 Å². The van der Waals surface area contributed by atoms with Gasteiger partial charge in [0.25, 0.3) is 0 Å². The second-order valence-corrected chi connectivity index (χ2v) is 10.0. The zero-order valence-corrected chi connectivity index (χ0v) is 18.3. The van der Waals surface area contributed by atoms with Crippen LogP contribution in [0.15, 0.2) is 57.9 Å². The molecule has 5 nitrogen and oxygen atoms in total. The molecule has 0 atom stereocenters. The van der Waals surface area contributed by atoms with Crippen LogP contribution in [0.25, 0.3) is 0 Å². The molecule has 0 heterocycles. The van der Waals surface area contributed by atoms with Gasteiger partial charge in [-0.25, -0.2) is 8.42 Å². The van der Waals surface area contributed by atoms with Crippen molar-refractivity contribution in [2.24, 2.45) is 0 Å². The van der Waals surface area contributed by atoms with Gasteiger partial charge in [0.2, 0.25) is 15.9 Å². The van der Waals surface area contributed by atoms with E-state index in [0.29, 0.717) is 5.69 Å². The normalized spacial score (nSPS) is 15.5. The van der Waals surface area contributed by atoms with E-state index >= 15 is 0 Å². The largest absolute Gasteiger partial charge is 0.325 e. The number of aryl methyl sites for hydroxylation is 1. The maximum absolute atomic E-state index is 13.3. The number of amides is 1. The average molecular weight is 465 g/mol. The molecule has 7 heteroatoms. The SMILES string of the molecule is Cc1cccc(NC(=O)CN(C2CCCCC2)S(=O)(=O)c2ccc(Br)cc2)c1. The van der Waals surface area contributed by atoms with Crippen LogP contribution in [0, 0.1) is 6.92 Å². The van der Waals surface area contributed by atoms with Gasteiger partial charge in [-0.2, -0.15) is 4.31 Å². The summed E-state index contributed by atoms with van der Waals surface area (Å²) in [6, 6.07) is 13.9. The fourth-order valence-corrected chi connectivity index (χ4v) is 5.49. The summed E-state index contributed by atoms with van der Waals surface area (Å²) in [4.78, 5) is 12.9. The Morgan fingerprint density at radius 1 is 1.11 bits per heavy atom. The van der Waals surface area contributed by atoms with E-state index in [1.165, 1.54) is 4.31 Å². The predicted octanol–water partition coefficient (Wildman–Crippen LogP) is 4.72. The molecule has 28 heavy (non-hydrogen) atoms. The molecule has 0 unspecified atom stereocenters. The van der Waals surface area contributed by atoms with Crippen molar-refractivity contribution < 1.29 is 13.2 Å². The number of benzene rings is 2. The van der Waals surface area contributed by atoms with E-state index in [1.807, 2.05) is 25.1 Å². The molecule has 1 aliphatic carbocycles. The van der Waals surface area contributed by atoms with E-state index in [4.69, 9.17) is 0 Å². The topological polar surface area (TPSA) is 66.5 Å². The molecule has 1 amide bonds. The van der Waals surface area contributed by atoms with Crippen molar-refractivity contribution in [3.8, 4) is 0 Å². The molecule has 2 aromatic rings. The van der Waals surface area contributed by atoms with E-state index in [9.17, 15) is 13.2 Å². The van der Waals surface area contributed by atoms with Gasteiger partial charge in [-0.1, -0.05) is 47.3 Å². The van der Waals surface area contributed by atoms with Gasteiger partial charge in [0, 0.05) is 16.2 Å². The van der Waals surface area contributed by atoms with Gasteiger partial charge >= 0.3 is 0 Å². The lowest BCUT2D eigenvalue weighted by Gasteiger charge is -2.33. The van der Waals surface area contributed by atoms with Gasteiger partial charge in [-0.15, -0.1) is 0 Å². The molecular weight excluding hydrogens is 440 g/mol. The summed E-state index contributed by atoms with van der Waals surface area (Å²) >= 11 is 3.34. The van der Waals surface area contributed by atoms with Crippen LogP contribution in [-0.4, -0.2) is 31.2 Å². The highest BCUT2D eigenvalue weighted by atomic mass is 79.9. The second-order valence-electron chi connectivity index (χ2n) is 7.21.